The third kappa shape index (κ3) is 2.81. The van der Waals surface area contributed by atoms with Gasteiger partial charge in [0.15, 0.2) is 0 Å². The summed E-state index contributed by atoms with van der Waals surface area (Å²) in [6.45, 7) is 1.55. The minimum atomic E-state index is -1.08. The average Bonchev–Trinajstić information content (AvgIpc) is 2.36. The summed E-state index contributed by atoms with van der Waals surface area (Å²) >= 11 is 0. The van der Waals surface area contributed by atoms with E-state index in [4.69, 9.17) is 14.6 Å². The SMILES string of the molecule is Cc1ccccc1O[C@H]1C[C@@H](O)[C@H](O)C(CO)O1. The van der Waals surface area contributed by atoms with E-state index >= 15 is 0 Å². The summed E-state index contributed by atoms with van der Waals surface area (Å²) in [6.07, 6.45) is -3.34. The third-order valence-corrected chi connectivity index (χ3v) is 3.07. The molecule has 1 saturated heterocycles. The number of benzene rings is 1. The first-order chi connectivity index (χ1) is 8.61. The molecule has 5 heteroatoms. The zero-order chi connectivity index (χ0) is 13.1. The van der Waals surface area contributed by atoms with Gasteiger partial charge in [-0.15, -0.1) is 0 Å². The number of aryl methyl sites for hydroxylation is 1. The van der Waals surface area contributed by atoms with Crippen LogP contribution in [0.5, 0.6) is 5.75 Å². The minimum Gasteiger partial charge on any atom is -0.465 e. The van der Waals surface area contributed by atoms with E-state index in [1.165, 1.54) is 0 Å². The molecule has 0 bridgehead atoms. The summed E-state index contributed by atoms with van der Waals surface area (Å²) in [6, 6.07) is 7.47. The Morgan fingerprint density at radius 2 is 2.06 bits per heavy atom. The van der Waals surface area contributed by atoms with Gasteiger partial charge < -0.3 is 24.8 Å². The zero-order valence-corrected chi connectivity index (χ0v) is 10.2. The van der Waals surface area contributed by atoms with E-state index in [0.717, 1.165) is 5.56 Å². The lowest BCUT2D eigenvalue weighted by Gasteiger charge is -2.36. The Bertz CT molecular complexity index is 395. The maximum absolute atomic E-state index is 9.68. The Hall–Kier alpha value is -1.14. The maximum Gasteiger partial charge on any atom is 0.202 e. The van der Waals surface area contributed by atoms with Crippen LogP contribution in [0.2, 0.25) is 0 Å². The number of hydrogen-bond donors (Lipinski definition) is 3. The number of ether oxygens (including phenoxy) is 2. The third-order valence-electron chi connectivity index (χ3n) is 3.07. The fraction of sp³-hybridized carbons (Fsp3) is 0.538. The topological polar surface area (TPSA) is 79.2 Å². The molecule has 2 rings (SSSR count). The Morgan fingerprint density at radius 3 is 2.72 bits per heavy atom. The number of aliphatic hydroxyl groups is 3. The van der Waals surface area contributed by atoms with Crippen LogP contribution in [0.25, 0.3) is 0 Å². The van der Waals surface area contributed by atoms with Crippen molar-refractivity contribution in [1.29, 1.82) is 0 Å². The zero-order valence-electron chi connectivity index (χ0n) is 10.2. The lowest BCUT2D eigenvalue weighted by molar-refractivity contribution is -0.230. The molecule has 18 heavy (non-hydrogen) atoms. The first kappa shape index (κ1) is 13.3. The fourth-order valence-corrected chi connectivity index (χ4v) is 1.97. The van der Waals surface area contributed by atoms with E-state index in [1.807, 2.05) is 31.2 Å². The van der Waals surface area contributed by atoms with Crippen LogP contribution < -0.4 is 4.74 Å². The minimum absolute atomic E-state index is 0.173. The summed E-state index contributed by atoms with van der Waals surface area (Å²) in [5.41, 5.74) is 0.960. The molecule has 0 amide bonds. The smallest absolute Gasteiger partial charge is 0.202 e. The Labute approximate surface area is 106 Å². The Balaban J connectivity index is 2.04. The van der Waals surface area contributed by atoms with Crippen molar-refractivity contribution < 1.29 is 24.8 Å². The molecule has 1 aromatic rings. The van der Waals surface area contributed by atoms with Crippen LogP contribution in [0.1, 0.15) is 12.0 Å². The van der Waals surface area contributed by atoms with Gasteiger partial charge in [0.25, 0.3) is 0 Å². The van der Waals surface area contributed by atoms with Crippen LogP contribution in [-0.2, 0) is 4.74 Å². The number of aliphatic hydroxyl groups excluding tert-OH is 3. The first-order valence-corrected chi connectivity index (χ1v) is 5.96. The van der Waals surface area contributed by atoms with Crippen LogP contribution in [0, 0.1) is 6.92 Å². The van der Waals surface area contributed by atoms with Gasteiger partial charge in [0.05, 0.1) is 12.7 Å². The molecule has 4 atom stereocenters. The molecule has 1 fully saturated rings. The molecule has 0 aromatic heterocycles. The van der Waals surface area contributed by atoms with Crippen molar-refractivity contribution >= 4 is 0 Å². The highest BCUT2D eigenvalue weighted by molar-refractivity contribution is 5.31. The van der Waals surface area contributed by atoms with Crippen molar-refractivity contribution in [3.05, 3.63) is 29.8 Å². The molecule has 0 spiro atoms. The normalized spacial score (nSPS) is 32.2. The highest BCUT2D eigenvalue weighted by Gasteiger charge is 2.37. The second-order valence-corrected chi connectivity index (χ2v) is 4.46. The van der Waals surface area contributed by atoms with Crippen molar-refractivity contribution in [2.45, 2.75) is 37.9 Å². The quantitative estimate of drug-likeness (QED) is 0.718. The number of para-hydroxylation sites is 1. The highest BCUT2D eigenvalue weighted by atomic mass is 16.7. The maximum atomic E-state index is 9.68. The van der Waals surface area contributed by atoms with Gasteiger partial charge in [0, 0.05) is 6.42 Å². The Morgan fingerprint density at radius 1 is 1.33 bits per heavy atom. The van der Waals surface area contributed by atoms with Gasteiger partial charge in [0.2, 0.25) is 6.29 Å². The molecule has 0 radical (unpaired) electrons. The van der Waals surface area contributed by atoms with E-state index < -0.39 is 24.6 Å². The summed E-state index contributed by atoms with van der Waals surface area (Å²) in [7, 11) is 0. The van der Waals surface area contributed by atoms with Crippen LogP contribution in [0.3, 0.4) is 0 Å². The second-order valence-electron chi connectivity index (χ2n) is 4.46. The van der Waals surface area contributed by atoms with Crippen molar-refractivity contribution in [1.82, 2.24) is 0 Å². The summed E-state index contributed by atoms with van der Waals surface area (Å²) in [5, 5.41) is 28.3. The van der Waals surface area contributed by atoms with E-state index in [-0.39, 0.29) is 13.0 Å². The van der Waals surface area contributed by atoms with Gasteiger partial charge in [-0.05, 0) is 18.6 Å². The molecule has 1 aromatic carbocycles. The summed E-state index contributed by atoms with van der Waals surface area (Å²) in [4.78, 5) is 0. The van der Waals surface area contributed by atoms with Crippen molar-refractivity contribution in [2.75, 3.05) is 6.61 Å². The van der Waals surface area contributed by atoms with Gasteiger partial charge >= 0.3 is 0 Å². The highest BCUT2D eigenvalue weighted by Crippen LogP contribution is 2.25. The molecule has 1 aliphatic rings. The predicted molar refractivity (Wildman–Crippen MR) is 64.2 cm³/mol. The molecule has 5 nitrogen and oxygen atoms in total. The molecule has 0 saturated carbocycles. The lowest BCUT2D eigenvalue weighted by atomic mass is 10.0. The molecule has 0 aliphatic carbocycles. The molecule has 1 aliphatic heterocycles. The molecule has 100 valence electrons. The van der Waals surface area contributed by atoms with Crippen LogP contribution in [-0.4, -0.2) is 46.5 Å². The molecule has 1 heterocycles. The number of rotatable bonds is 3. The molecular formula is C13H18O5. The van der Waals surface area contributed by atoms with Crippen molar-refractivity contribution in [3.63, 3.8) is 0 Å². The Kier molecular flexibility index (Phi) is 4.19. The number of hydrogen-bond acceptors (Lipinski definition) is 5. The molecule has 3 N–H and O–H groups in total. The van der Waals surface area contributed by atoms with E-state index in [0.29, 0.717) is 5.75 Å². The lowest BCUT2D eigenvalue weighted by Crippen LogP contribution is -2.51. The first-order valence-electron chi connectivity index (χ1n) is 5.96. The van der Waals surface area contributed by atoms with Gasteiger partial charge in [-0.1, -0.05) is 18.2 Å². The second kappa shape index (κ2) is 5.67. The summed E-state index contributed by atoms with van der Waals surface area (Å²) in [5.74, 6) is 0.669. The summed E-state index contributed by atoms with van der Waals surface area (Å²) < 4.78 is 11.0. The monoisotopic (exact) mass is 254 g/mol. The van der Waals surface area contributed by atoms with Crippen LogP contribution in [0.15, 0.2) is 24.3 Å². The van der Waals surface area contributed by atoms with Gasteiger partial charge in [-0.3, -0.25) is 0 Å². The molecular weight excluding hydrogens is 236 g/mol. The van der Waals surface area contributed by atoms with Crippen LogP contribution >= 0.6 is 0 Å². The van der Waals surface area contributed by atoms with Gasteiger partial charge in [-0.2, -0.15) is 0 Å². The van der Waals surface area contributed by atoms with Gasteiger partial charge in [0.1, 0.15) is 18.0 Å². The van der Waals surface area contributed by atoms with E-state index in [1.54, 1.807) is 0 Å². The van der Waals surface area contributed by atoms with Crippen molar-refractivity contribution in [3.8, 4) is 5.75 Å². The molecule has 1 unspecified atom stereocenters. The van der Waals surface area contributed by atoms with Crippen LogP contribution in [0.4, 0.5) is 0 Å². The van der Waals surface area contributed by atoms with E-state index in [9.17, 15) is 10.2 Å². The fourth-order valence-electron chi connectivity index (χ4n) is 1.97. The standard InChI is InChI=1S/C13H18O5/c1-8-4-2-3-5-10(8)17-12-6-9(15)13(16)11(7-14)18-12/h2-5,9,11-16H,6-7H2,1H3/t9-,11?,12-,13+/m1/s1. The average molecular weight is 254 g/mol. The van der Waals surface area contributed by atoms with Crippen molar-refractivity contribution in [2.24, 2.45) is 0 Å². The largest absolute Gasteiger partial charge is 0.465 e. The van der Waals surface area contributed by atoms with Gasteiger partial charge in [-0.25, -0.2) is 0 Å². The van der Waals surface area contributed by atoms with E-state index in [2.05, 4.69) is 0 Å². The predicted octanol–water partition coefficient (Wildman–Crippen LogP) is 0.203.